The number of rotatable bonds is 8. The van der Waals surface area contributed by atoms with Crippen LogP contribution in [0.5, 0.6) is 0 Å². The third-order valence-electron chi connectivity index (χ3n) is 2.92. The molecule has 5 nitrogen and oxygen atoms in total. The lowest BCUT2D eigenvalue weighted by molar-refractivity contribution is 0.426. The van der Waals surface area contributed by atoms with Crippen LogP contribution < -0.4 is 0 Å². The van der Waals surface area contributed by atoms with Crippen LogP contribution in [0.2, 0.25) is 0 Å². The number of halogens is 1. The molecule has 0 N–H and O–H groups in total. The summed E-state index contributed by atoms with van der Waals surface area (Å²) >= 11 is 5.63. The van der Waals surface area contributed by atoms with E-state index >= 15 is 0 Å². The SMILES string of the molecule is CCCn1cc(S(=O)(=O)N(CC)CCCCl)nc1C. The van der Waals surface area contributed by atoms with Gasteiger partial charge in [0.05, 0.1) is 0 Å². The first-order chi connectivity index (χ1) is 8.97. The number of sulfonamides is 1. The molecule has 0 aliphatic carbocycles. The van der Waals surface area contributed by atoms with Crippen LogP contribution in [0.4, 0.5) is 0 Å². The molecule has 7 heteroatoms. The third-order valence-corrected chi connectivity index (χ3v) is 5.03. The standard InChI is InChI=1S/C12H22ClN3O2S/c1-4-8-15-10-12(14-11(15)3)19(17,18)16(5-2)9-6-7-13/h10H,4-9H2,1-3H3. The number of alkyl halides is 1. The summed E-state index contributed by atoms with van der Waals surface area (Å²) in [5, 5.41) is 0.134. The van der Waals surface area contributed by atoms with Crippen molar-refractivity contribution in [2.45, 2.75) is 45.2 Å². The average molecular weight is 308 g/mol. The van der Waals surface area contributed by atoms with Gasteiger partial charge in [0, 0.05) is 31.7 Å². The molecule has 110 valence electrons. The maximum atomic E-state index is 12.4. The normalized spacial score (nSPS) is 12.3. The molecule has 0 atom stereocenters. The van der Waals surface area contributed by atoms with E-state index in [1.807, 2.05) is 25.3 Å². The molecule has 0 radical (unpaired) electrons. The molecule has 1 heterocycles. The number of nitrogens with zero attached hydrogens (tertiary/aromatic N) is 3. The van der Waals surface area contributed by atoms with Crippen molar-refractivity contribution in [1.29, 1.82) is 0 Å². The smallest absolute Gasteiger partial charge is 0.262 e. The molecule has 0 spiro atoms. The number of hydrogen-bond acceptors (Lipinski definition) is 3. The lowest BCUT2D eigenvalue weighted by Crippen LogP contribution is -2.32. The molecule has 0 aliphatic heterocycles. The fourth-order valence-corrected chi connectivity index (χ4v) is 3.49. The molecule has 19 heavy (non-hydrogen) atoms. The van der Waals surface area contributed by atoms with E-state index in [1.54, 1.807) is 6.20 Å². The number of aromatic nitrogens is 2. The Bertz CT molecular complexity index is 499. The maximum absolute atomic E-state index is 12.4. The van der Waals surface area contributed by atoms with Crippen molar-refractivity contribution in [1.82, 2.24) is 13.9 Å². The lowest BCUT2D eigenvalue weighted by Gasteiger charge is -2.18. The molecule has 0 aliphatic rings. The first-order valence-electron chi connectivity index (χ1n) is 6.57. The molecule has 1 rings (SSSR count). The Kier molecular flexibility index (Phi) is 6.29. The fraction of sp³-hybridized carbons (Fsp3) is 0.750. The highest BCUT2D eigenvalue weighted by molar-refractivity contribution is 7.89. The zero-order valence-electron chi connectivity index (χ0n) is 11.8. The summed E-state index contributed by atoms with van der Waals surface area (Å²) in [6.45, 7) is 7.33. The molecule has 1 aromatic rings. The van der Waals surface area contributed by atoms with E-state index in [1.165, 1.54) is 4.31 Å². The average Bonchev–Trinajstić information content (AvgIpc) is 2.73. The summed E-state index contributed by atoms with van der Waals surface area (Å²) in [6, 6.07) is 0. The number of imidazole rings is 1. The van der Waals surface area contributed by atoms with E-state index in [0.717, 1.165) is 18.8 Å². The van der Waals surface area contributed by atoms with Gasteiger partial charge in [-0.1, -0.05) is 13.8 Å². The van der Waals surface area contributed by atoms with Crippen LogP contribution >= 0.6 is 11.6 Å². The Hall–Kier alpha value is -0.590. The van der Waals surface area contributed by atoms with Crippen molar-refractivity contribution in [2.24, 2.45) is 0 Å². The molecule has 0 unspecified atom stereocenters. The molecule has 0 saturated carbocycles. The van der Waals surface area contributed by atoms with Crippen LogP contribution in [-0.4, -0.2) is 41.2 Å². The number of aryl methyl sites for hydroxylation is 2. The van der Waals surface area contributed by atoms with Gasteiger partial charge >= 0.3 is 0 Å². The van der Waals surface area contributed by atoms with Crippen molar-refractivity contribution in [2.75, 3.05) is 19.0 Å². The van der Waals surface area contributed by atoms with Gasteiger partial charge < -0.3 is 4.57 Å². The Balaban J connectivity index is 3.01. The minimum atomic E-state index is -3.50. The topological polar surface area (TPSA) is 55.2 Å². The van der Waals surface area contributed by atoms with Gasteiger partial charge in [-0.15, -0.1) is 11.6 Å². The highest BCUT2D eigenvalue weighted by atomic mass is 35.5. The van der Waals surface area contributed by atoms with Gasteiger partial charge in [0.25, 0.3) is 10.0 Å². The van der Waals surface area contributed by atoms with Gasteiger partial charge in [0.15, 0.2) is 5.03 Å². The molecular formula is C12H22ClN3O2S. The molecule has 0 amide bonds. The Morgan fingerprint density at radius 2 is 2.11 bits per heavy atom. The van der Waals surface area contributed by atoms with Gasteiger partial charge in [-0.2, -0.15) is 4.31 Å². The zero-order valence-corrected chi connectivity index (χ0v) is 13.3. The summed E-state index contributed by atoms with van der Waals surface area (Å²) in [5.41, 5.74) is 0. The van der Waals surface area contributed by atoms with Gasteiger partial charge in [-0.05, 0) is 19.8 Å². The van der Waals surface area contributed by atoms with E-state index in [4.69, 9.17) is 11.6 Å². The summed E-state index contributed by atoms with van der Waals surface area (Å²) < 4.78 is 28.2. The predicted octanol–water partition coefficient (Wildman–Crippen LogP) is 2.24. The molecule has 0 aromatic carbocycles. The third kappa shape index (κ3) is 3.94. The second-order valence-electron chi connectivity index (χ2n) is 4.36. The Morgan fingerprint density at radius 1 is 1.42 bits per heavy atom. The first-order valence-corrected chi connectivity index (χ1v) is 8.54. The largest absolute Gasteiger partial charge is 0.334 e. The Labute approximate surface area is 120 Å². The lowest BCUT2D eigenvalue weighted by atomic mass is 10.5. The fourth-order valence-electron chi connectivity index (χ4n) is 1.89. The molecule has 0 fully saturated rings. The van der Waals surface area contributed by atoms with Gasteiger partial charge in [0.1, 0.15) is 5.82 Å². The van der Waals surface area contributed by atoms with Crippen LogP contribution in [0.1, 0.15) is 32.5 Å². The van der Waals surface area contributed by atoms with Crippen molar-refractivity contribution in [3.05, 3.63) is 12.0 Å². The van der Waals surface area contributed by atoms with E-state index in [9.17, 15) is 8.42 Å². The summed E-state index contributed by atoms with van der Waals surface area (Å²) in [5.74, 6) is 1.18. The van der Waals surface area contributed by atoms with Gasteiger partial charge in [-0.3, -0.25) is 0 Å². The van der Waals surface area contributed by atoms with Crippen LogP contribution in [0.25, 0.3) is 0 Å². The highest BCUT2D eigenvalue weighted by Gasteiger charge is 2.25. The molecular weight excluding hydrogens is 286 g/mol. The van der Waals surface area contributed by atoms with E-state index in [0.29, 0.717) is 25.4 Å². The van der Waals surface area contributed by atoms with E-state index in [-0.39, 0.29) is 5.03 Å². The van der Waals surface area contributed by atoms with Crippen LogP contribution in [0.3, 0.4) is 0 Å². The monoisotopic (exact) mass is 307 g/mol. The Morgan fingerprint density at radius 3 is 2.63 bits per heavy atom. The van der Waals surface area contributed by atoms with E-state index < -0.39 is 10.0 Å². The minimum Gasteiger partial charge on any atom is -0.334 e. The second kappa shape index (κ2) is 7.26. The summed E-state index contributed by atoms with van der Waals surface area (Å²) in [4.78, 5) is 4.18. The van der Waals surface area contributed by atoms with Crippen molar-refractivity contribution >= 4 is 21.6 Å². The van der Waals surface area contributed by atoms with Crippen LogP contribution in [0, 0.1) is 6.92 Å². The van der Waals surface area contributed by atoms with E-state index in [2.05, 4.69) is 4.98 Å². The predicted molar refractivity (Wildman–Crippen MR) is 77.0 cm³/mol. The highest BCUT2D eigenvalue weighted by Crippen LogP contribution is 2.16. The quantitative estimate of drug-likeness (QED) is 0.692. The second-order valence-corrected chi connectivity index (χ2v) is 6.62. The maximum Gasteiger partial charge on any atom is 0.262 e. The van der Waals surface area contributed by atoms with Gasteiger partial charge in [-0.25, -0.2) is 13.4 Å². The summed E-state index contributed by atoms with van der Waals surface area (Å²) in [7, 11) is -3.50. The molecule has 1 aromatic heterocycles. The van der Waals surface area contributed by atoms with Crippen LogP contribution in [0.15, 0.2) is 11.2 Å². The van der Waals surface area contributed by atoms with Crippen LogP contribution in [-0.2, 0) is 16.6 Å². The molecule has 0 bridgehead atoms. The zero-order chi connectivity index (χ0) is 14.5. The van der Waals surface area contributed by atoms with Gasteiger partial charge in [0.2, 0.25) is 0 Å². The van der Waals surface area contributed by atoms with Crippen molar-refractivity contribution in [3.63, 3.8) is 0 Å². The number of hydrogen-bond donors (Lipinski definition) is 0. The van der Waals surface area contributed by atoms with Crippen molar-refractivity contribution in [3.8, 4) is 0 Å². The minimum absolute atomic E-state index is 0.134. The molecule has 0 saturated heterocycles. The summed E-state index contributed by atoms with van der Waals surface area (Å²) in [6.07, 6.45) is 3.21. The van der Waals surface area contributed by atoms with Crippen molar-refractivity contribution < 1.29 is 8.42 Å². The first kappa shape index (κ1) is 16.5.